The van der Waals surface area contributed by atoms with Crippen LogP contribution in [0.3, 0.4) is 0 Å². The highest BCUT2D eigenvalue weighted by atomic mass is 16.7. The highest BCUT2D eigenvalue weighted by Crippen LogP contribution is 2.32. The molecule has 0 fully saturated rings. The average molecular weight is 314 g/mol. The van der Waals surface area contributed by atoms with Gasteiger partial charge in [-0.3, -0.25) is 14.9 Å². The molecule has 2 aromatic rings. The summed E-state index contributed by atoms with van der Waals surface area (Å²) < 4.78 is 10.5. The van der Waals surface area contributed by atoms with Crippen molar-refractivity contribution in [2.24, 2.45) is 0 Å². The van der Waals surface area contributed by atoms with Crippen LogP contribution in [0.15, 0.2) is 36.4 Å². The van der Waals surface area contributed by atoms with E-state index in [9.17, 15) is 14.9 Å². The van der Waals surface area contributed by atoms with Crippen LogP contribution in [-0.2, 0) is 6.54 Å². The van der Waals surface area contributed by atoms with Crippen molar-refractivity contribution in [3.63, 3.8) is 0 Å². The van der Waals surface area contributed by atoms with Crippen molar-refractivity contribution in [2.45, 2.75) is 13.5 Å². The second kappa shape index (κ2) is 5.96. The zero-order chi connectivity index (χ0) is 16.4. The molecule has 0 saturated carbocycles. The lowest BCUT2D eigenvalue weighted by Gasteiger charge is -2.08. The molecule has 0 bridgehead atoms. The van der Waals surface area contributed by atoms with E-state index < -0.39 is 4.92 Å². The van der Waals surface area contributed by atoms with Gasteiger partial charge in [-0.1, -0.05) is 12.1 Å². The van der Waals surface area contributed by atoms with Crippen molar-refractivity contribution in [1.29, 1.82) is 0 Å². The molecule has 0 spiro atoms. The number of carbonyl (C=O) groups is 1. The van der Waals surface area contributed by atoms with Crippen LogP contribution in [0.2, 0.25) is 0 Å². The molecule has 0 atom stereocenters. The number of nitrogens with one attached hydrogen (secondary N) is 1. The molecule has 23 heavy (non-hydrogen) atoms. The van der Waals surface area contributed by atoms with Crippen LogP contribution in [0, 0.1) is 17.0 Å². The fraction of sp³-hybridized carbons (Fsp3) is 0.188. The lowest BCUT2D eigenvalue weighted by molar-refractivity contribution is -0.385. The quantitative estimate of drug-likeness (QED) is 0.692. The summed E-state index contributed by atoms with van der Waals surface area (Å²) in [6.07, 6.45) is 0. The van der Waals surface area contributed by atoms with Gasteiger partial charge in [0.2, 0.25) is 6.79 Å². The number of hydrogen-bond donors (Lipinski definition) is 1. The summed E-state index contributed by atoms with van der Waals surface area (Å²) in [5.74, 6) is 0.960. The van der Waals surface area contributed by atoms with Gasteiger partial charge in [-0.2, -0.15) is 0 Å². The van der Waals surface area contributed by atoms with E-state index in [-0.39, 0.29) is 24.9 Å². The van der Waals surface area contributed by atoms with Gasteiger partial charge in [-0.15, -0.1) is 0 Å². The monoisotopic (exact) mass is 314 g/mol. The smallest absolute Gasteiger partial charge is 0.273 e. The van der Waals surface area contributed by atoms with Gasteiger partial charge in [0.05, 0.1) is 4.92 Å². The number of rotatable bonds is 4. The molecule has 1 aliphatic rings. The van der Waals surface area contributed by atoms with E-state index in [1.807, 2.05) is 6.07 Å². The van der Waals surface area contributed by atoms with Gasteiger partial charge in [0.15, 0.2) is 11.5 Å². The lowest BCUT2D eigenvalue weighted by atomic mass is 10.1. The standard InChI is InChI=1S/C16H14N2O5/c1-10-12(3-2-4-13(10)18(20)21)16(19)17-8-11-5-6-14-15(7-11)23-9-22-14/h2-7H,8-9H2,1H3,(H,17,19). The number of fused-ring (bicyclic) bond motifs is 1. The third kappa shape index (κ3) is 2.94. The van der Waals surface area contributed by atoms with Gasteiger partial charge in [-0.05, 0) is 30.7 Å². The minimum Gasteiger partial charge on any atom is -0.454 e. The third-order valence-electron chi connectivity index (χ3n) is 3.64. The van der Waals surface area contributed by atoms with Gasteiger partial charge in [0.1, 0.15) is 0 Å². The van der Waals surface area contributed by atoms with Crippen molar-refractivity contribution in [1.82, 2.24) is 5.32 Å². The number of nitro benzene ring substituents is 1. The molecule has 7 heteroatoms. The summed E-state index contributed by atoms with van der Waals surface area (Å²) >= 11 is 0. The molecule has 7 nitrogen and oxygen atoms in total. The molecule has 0 saturated heterocycles. The minimum absolute atomic E-state index is 0.0688. The Hall–Kier alpha value is -3.09. The second-order valence-corrected chi connectivity index (χ2v) is 5.08. The summed E-state index contributed by atoms with van der Waals surface area (Å²) in [4.78, 5) is 22.7. The molecule has 3 rings (SSSR count). The molecule has 0 aromatic heterocycles. The summed E-state index contributed by atoms with van der Waals surface area (Å²) in [6, 6.07) is 9.85. The van der Waals surface area contributed by atoms with Gasteiger partial charge in [-0.25, -0.2) is 0 Å². The zero-order valence-electron chi connectivity index (χ0n) is 12.4. The largest absolute Gasteiger partial charge is 0.454 e. The van der Waals surface area contributed by atoms with Gasteiger partial charge in [0, 0.05) is 23.7 Å². The molecule has 118 valence electrons. The normalized spacial score (nSPS) is 12.0. The third-order valence-corrected chi connectivity index (χ3v) is 3.64. The maximum atomic E-state index is 12.3. The first-order valence-corrected chi connectivity index (χ1v) is 6.97. The van der Waals surface area contributed by atoms with Crippen molar-refractivity contribution < 1.29 is 19.2 Å². The first-order chi connectivity index (χ1) is 11.1. The van der Waals surface area contributed by atoms with Gasteiger partial charge >= 0.3 is 0 Å². The van der Waals surface area contributed by atoms with Crippen LogP contribution >= 0.6 is 0 Å². The van der Waals surface area contributed by atoms with E-state index in [0.29, 0.717) is 22.6 Å². The zero-order valence-corrected chi connectivity index (χ0v) is 12.4. The highest BCUT2D eigenvalue weighted by molar-refractivity contribution is 5.96. The fourth-order valence-corrected chi connectivity index (χ4v) is 2.40. The van der Waals surface area contributed by atoms with E-state index in [1.54, 1.807) is 25.1 Å². The topological polar surface area (TPSA) is 90.7 Å². The van der Waals surface area contributed by atoms with E-state index in [2.05, 4.69) is 5.32 Å². The number of ether oxygens (including phenoxy) is 2. The van der Waals surface area contributed by atoms with Crippen LogP contribution in [0.5, 0.6) is 11.5 Å². The predicted molar refractivity (Wildman–Crippen MR) is 81.6 cm³/mol. The molecule has 0 radical (unpaired) electrons. The van der Waals surface area contributed by atoms with Crippen molar-refractivity contribution >= 4 is 11.6 Å². The molecule has 1 amide bonds. The van der Waals surface area contributed by atoms with Crippen LogP contribution in [0.25, 0.3) is 0 Å². The number of amides is 1. The van der Waals surface area contributed by atoms with Gasteiger partial charge in [0.25, 0.3) is 11.6 Å². The van der Waals surface area contributed by atoms with Crippen molar-refractivity contribution in [3.05, 3.63) is 63.2 Å². The predicted octanol–water partition coefficient (Wildman–Crippen LogP) is 2.56. The second-order valence-electron chi connectivity index (χ2n) is 5.08. The Bertz CT molecular complexity index is 788. The molecular formula is C16H14N2O5. The Kier molecular flexibility index (Phi) is 3.84. The average Bonchev–Trinajstić information content (AvgIpc) is 3.00. The number of nitrogens with zero attached hydrogens (tertiary/aromatic N) is 1. The Morgan fingerprint density at radius 3 is 2.83 bits per heavy atom. The van der Waals surface area contributed by atoms with Crippen LogP contribution in [-0.4, -0.2) is 17.6 Å². The summed E-state index contributed by atoms with van der Waals surface area (Å²) in [7, 11) is 0. The van der Waals surface area contributed by atoms with Crippen LogP contribution in [0.1, 0.15) is 21.5 Å². The van der Waals surface area contributed by atoms with E-state index in [1.165, 1.54) is 12.1 Å². The number of benzene rings is 2. The van der Waals surface area contributed by atoms with Crippen LogP contribution < -0.4 is 14.8 Å². The first kappa shape index (κ1) is 14.8. The fourth-order valence-electron chi connectivity index (χ4n) is 2.40. The maximum Gasteiger partial charge on any atom is 0.273 e. The molecular weight excluding hydrogens is 300 g/mol. The Morgan fingerprint density at radius 1 is 1.26 bits per heavy atom. The van der Waals surface area contributed by atoms with E-state index in [0.717, 1.165) is 5.56 Å². The van der Waals surface area contributed by atoms with Gasteiger partial charge < -0.3 is 14.8 Å². The maximum absolute atomic E-state index is 12.3. The van der Waals surface area contributed by atoms with E-state index >= 15 is 0 Å². The SMILES string of the molecule is Cc1c(C(=O)NCc2ccc3c(c2)OCO3)cccc1[N+](=O)[O-]. The van der Waals surface area contributed by atoms with E-state index in [4.69, 9.17) is 9.47 Å². The summed E-state index contributed by atoms with van der Waals surface area (Å²) in [6.45, 7) is 2.04. The Labute approximate surface area is 132 Å². The summed E-state index contributed by atoms with van der Waals surface area (Å²) in [5, 5.41) is 13.7. The van der Waals surface area contributed by atoms with Crippen molar-refractivity contribution in [3.8, 4) is 11.5 Å². The Balaban J connectivity index is 1.73. The van der Waals surface area contributed by atoms with Crippen LogP contribution in [0.4, 0.5) is 5.69 Å². The number of hydrogen-bond acceptors (Lipinski definition) is 5. The molecule has 0 aliphatic carbocycles. The van der Waals surface area contributed by atoms with Crippen molar-refractivity contribution in [2.75, 3.05) is 6.79 Å². The lowest BCUT2D eigenvalue weighted by Crippen LogP contribution is -2.23. The molecule has 1 aliphatic heterocycles. The highest BCUT2D eigenvalue weighted by Gasteiger charge is 2.18. The summed E-state index contributed by atoms with van der Waals surface area (Å²) in [5.41, 5.74) is 1.42. The molecule has 0 unspecified atom stereocenters. The molecule has 1 N–H and O–H groups in total. The molecule has 1 heterocycles. The minimum atomic E-state index is -0.496. The molecule has 2 aromatic carbocycles. The number of carbonyl (C=O) groups excluding carboxylic acids is 1. The number of nitro groups is 1. The Morgan fingerprint density at radius 2 is 2.04 bits per heavy atom. The first-order valence-electron chi connectivity index (χ1n) is 6.97.